The summed E-state index contributed by atoms with van der Waals surface area (Å²) in [6.45, 7) is 3.99. The summed E-state index contributed by atoms with van der Waals surface area (Å²) in [5.74, 6) is 0.779. The van der Waals surface area contributed by atoms with Gasteiger partial charge in [0.2, 0.25) is 0 Å². The van der Waals surface area contributed by atoms with Crippen molar-refractivity contribution in [3.63, 3.8) is 0 Å². The zero-order valence-electron chi connectivity index (χ0n) is 11.9. The Bertz CT molecular complexity index is 662. The molecule has 1 unspecified atom stereocenters. The van der Waals surface area contributed by atoms with Crippen LogP contribution in [0.3, 0.4) is 0 Å². The summed E-state index contributed by atoms with van der Waals surface area (Å²) in [5.41, 5.74) is 1.91. The Morgan fingerprint density at radius 3 is 2.95 bits per heavy atom. The van der Waals surface area contributed by atoms with Crippen LogP contribution >= 0.6 is 15.9 Å². The maximum absolute atomic E-state index is 12.8. The Labute approximate surface area is 127 Å². The Balaban J connectivity index is 1.99. The summed E-state index contributed by atoms with van der Waals surface area (Å²) in [4.78, 5) is 14.8. The number of rotatable bonds is 1. The first-order chi connectivity index (χ1) is 9.56. The fourth-order valence-corrected chi connectivity index (χ4v) is 3.42. The molecule has 1 aliphatic rings. The molecule has 20 heavy (non-hydrogen) atoms. The highest BCUT2D eigenvalue weighted by molar-refractivity contribution is 9.10. The molecular weight excluding hydrogens is 316 g/mol. The first kappa shape index (κ1) is 13.7. The Kier molecular flexibility index (Phi) is 3.59. The predicted molar refractivity (Wildman–Crippen MR) is 84.9 cm³/mol. The first-order valence-electron chi connectivity index (χ1n) is 7.10. The van der Waals surface area contributed by atoms with E-state index < -0.39 is 0 Å². The molecule has 0 saturated carbocycles. The summed E-state index contributed by atoms with van der Waals surface area (Å²) in [6, 6.07) is 6.09. The molecule has 1 saturated heterocycles. The highest BCUT2D eigenvalue weighted by Gasteiger charge is 2.24. The minimum Gasteiger partial charge on any atom is -0.350 e. The molecule has 1 fully saturated rings. The quantitative estimate of drug-likeness (QED) is 0.778. The van der Waals surface area contributed by atoms with E-state index in [0.29, 0.717) is 5.92 Å². The van der Waals surface area contributed by atoms with Crippen LogP contribution in [-0.2, 0) is 7.05 Å². The third-order valence-electron chi connectivity index (χ3n) is 4.13. The molecule has 106 valence electrons. The Hall–Kier alpha value is -1.29. The number of likely N-dealkylation sites (tertiary alicyclic amines) is 1. The van der Waals surface area contributed by atoms with Gasteiger partial charge in [0, 0.05) is 41.7 Å². The maximum atomic E-state index is 12.8. The SMILES string of the molecule is CC1CCCN(C(=O)c2cn(C)c3cc(Br)ccc23)C1. The lowest BCUT2D eigenvalue weighted by molar-refractivity contribution is 0.0685. The molecule has 1 amide bonds. The van der Waals surface area contributed by atoms with E-state index in [1.54, 1.807) is 0 Å². The topological polar surface area (TPSA) is 25.2 Å². The van der Waals surface area contributed by atoms with Crippen LogP contribution in [0.5, 0.6) is 0 Å². The molecule has 1 aromatic carbocycles. The Morgan fingerprint density at radius 1 is 1.40 bits per heavy atom. The van der Waals surface area contributed by atoms with Crippen molar-refractivity contribution in [1.82, 2.24) is 9.47 Å². The lowest BCUT2D eigenvalue weighted by atomic mass is 9.99. The van der Waals surface area contributed by atoms with Crippen molar-refractivity contribution in [3.8, 4) is 0 Å². The molecule has 1 atom stereocenters. The van der Waals surface area contributed by atoms with Gasteiger partial charge in [0.25, 0.3) is 5.91 Å². The highest BCUT2D eigenvalue weighted by Crippen LogP contribution is 2.26. The molecule has 1 aliphatic heterocycles. The van der Waals surface area contributed by atoms with E-state index in [4.69, 9.17) is 0 Å². The van der Waals surface area contributed by atoms with Gasteiger partial charge >= 0.3 is 0 Å². The highest BCUT2D eigenvalue weighted by atomic mass is 79.9. The van der Waals surface area contributed by atoms with Gasteiger partial charge in [0.05, 0.1) is 5.56 Å². The fourth-order valence-electron chi connectivity index (χ4n) is 3.07. The molecule has 0 radical (unpaired) electrons. The van der Waals surface area contributed by atoms with Gasteiger partial charge in [-0.15, -0.1) is 0 Å². The van der Waals surface area contributed by atoms with Crippen molar-refractivity contribution in [2.75, 3.05) is 13.1 Å². The van der Waals surface area contributed by atoms with Gasteiger partial charge in [-0.1, -0.05) is 28.9 Å². The van der Waals surface area contributed by atoms with E-state index in [1.165, 1.54) is 6.42 Å². The van der Waals surface area contributed by atoms with E-state index in [1.807, 2.05) is 34.8 Å². The second kappa shape index (κ2) is 5.24. The van der Waals surface area contributed by atoms with Crippen molar-refractivity contribution in [2.24, 2.45) is 13.0 Å². The van der Waals surface area contributed by atoms with Crippen LogP contribution in [-0.4, -0.2) is 28.5 Å². The minimum atomic E-state index is 0.171. The normalized spacial score (nSPS) is 19.6. The number of hydrogen-bond donors (Lipinski definition) is 0. The average molecular weight is 335 g/mol. The molecule has 0 bridgehead atoms. The van der Waals surface area contributed by atoms with Crippen molar-refractivity contribution in [1.29, 1.82) is 0 Å². The van der Waals surface area contributed by atoms with Crippen LogP contribution in [0.15, 0.2) is 28.9 Å². The third-order valence-corrected chi connectivity index (χ3v) is 4.62. The van der Waals surface area contributed by atoms with Gasteiger partial charge in [0.15, 0.2) is 0 Å². The van der Waals surface area contributed by atoms with Crippen molar-refractivity contribution >= 4 is 32.7 Å². The number of hydrogen-bond acceptors (Lipinski definition) is 1. The second-order valence-electron chi connectivity index (χ2n) is 5.81. The second-order valence-corrected chi connectivity index (χ2v) is 6.73. The molecule has 3 rings (SSSR count). The number of aromatic nitrogens is 1. The molecule has 2 aromatic rings. The zero-order valence-corrected chi connectivity index (χ0v) is 13.5. The van der Waals surface area contributed by atoms with Gasteiger partial charge in [-0.2, -0.15) is 0 Å². The number of piperidine rings is 1. The molecule has 0 N–H and O–H groups in total. The zero-order chi connectivity index (χ0) is 14.3. The summed E-state index contributed by atoms with van der Waals surface area (Å²) < 4.78 is 3.07. The molecule has 3 nitrogen and oxygen atoms in total. The van der Waals surface area contributed by atoms with Crippen LogP contribution in [0.1, 0.15) is 30.1 Å². The number of halogens is 1. The van der Waals surface area contributed by atoms with Gasteiger partial charge in [-0.25, -0.2) is 0 Å². The number of benzene rings is 1. The first-order valence-corrected chi connectivity index (χ1v) is 7.89. The van der Waals surface area contributed by atoms with Gasteiger partial charge in [-0.05, 0) is 30.9 Å². The van der Waals surface area contributed by atoms with E-state index >= 15 is 0 Å². The monoisotopic (exact) mass is 334 g/mol. The van der Waals surface area contributed by atoms with E-state index in [9.17, 15) is 4.79 Å². The largest absolute Gasteiger partial charge is 0.350 e. The summed E-state index contributed by atoms with van der Waals surface area (Å²) >= 11 is 3.49. The lowest BCUT2D eigenvalue weighted by Gasteiger charge is -2.30. The molecule has 4 heteroatoms. The third kappa shape index (κ3) is 2.37. The van der Waals surface area contributed by atoms with E-state index in [-0.39, 0.29) is 5.91 Å². The number of nitrogens with zero attached hydrogens (tertiary/aromatic N) is 2. The number of carbonyl (C=O) groups is 1. The molecular formula is C16H19BrN2O. The number of carbonyl (C=O) groups excluding carboxylic acids is 1. The summed E-state index contributed by atoms with van der Waals surface area (Å²) in [5, 5.41) is 1.04. The lowest BCUT2D eigenvalue weighted by Crippen LogP contribution is -2.39. The smallest absolute Gasteiger partial charge is 0.256 e. The Morgan fingerprint density at radius 2 is 2.20 bits per heavy atom. The molecule has 0 aliphatic carbocycles. The van der Waals surface area contributed by atoms with E-state index in [0.717, 1.165) is 40.4 Å². The number of amides is 1. The molecule has 2 heterocycles. The minimum absolute atomic E-state index is 0.171. The van der Waals surface area contributed by atoms with Crippen LogP contribution in [0.2, 0.25) is 0 Å². The van der Waals surface area contributed by atoms with Crippen molar-refractivity contribution in [2.45, 2.75) is 19.8 Å². The van der Waals surface area contributed by atoms with Gasteiger partial charge < -0.3 is 9.47 Å². The van der Waals surface area contributed by atoms with Gasteiger partial charge in [-0.3, -0.25) is 4.79 Å². The summed E-state index contributed by atoms with van der Waals surface area (Å²) in [7, 11) is 1.99. The average Bonchev–Trinajstić information content (AvgIpc) is 2.75. The van der Waals surface area contributed by atoms with Crippen molar-refractivity contribution in [3.05, 3.63) is 34.4 Å². The van der Waals surface area contributed by atoms with Crippen LogP contribution in [0, 0.1) is 5.92 Å². The van der Waals surface area contributed by atoms with Crippen LogP contribution < -0.4 is 0 Å². The predicted octanol–water partition coefficient (Wildman–Crippen LogP) is 3.81. The van der Waals surface area contributed by atoms with Crippen molar-refractivity contribution < 1.29 is 4.79 Å². The van der Waals surface area contributed by atoms with Gasteiger partial charge in [0.1, 0.15) is 0 Å². The van der Waals surface area contributed by atoms with E-state index in [2.05, 4.69) is 28.9 Å². The van der Waals surface area contributed by atoms with Crippen LogP contribution in [0.25, 0.3) is 10.9 Å². The fraction of sp³-hybridized carbons (Fsp3) is 0.438. The number of fused-ring (bicyclic) bond motifs is 1. The molecule has 1 aromatic heterocycles. The molecule has 0 spiro atoms. The van der Waals surface area contributed by atoms with Crippen LogP contribution in [0.4, 0.5) is 0 Å². The maximum Gasteiger partial charge on any atom is 0.256 e. The number of aryl methyl sites for hydroxylation is 1. The summed E-state index contributed by atoms with van der Waals surface area (Å²) in [6.07, 6.45) is 4.30. The standard InChI is InChI=1S/C16H19BrN2O/c1-11-4-3-7-19(9-11)16(20)14-10-18(2)15-8-12(17)5-6-13(14)15/h5-6,8,10-11H,3-4,7,9H2,1-2H3.